The quantitative estimate of drug-likeness (QED) is 0.654. The molecule has 0 aliphatic carbocycles. The third kappa shape index (κ3) is 3.95. The van der Waals surface area contributed by atoms with Crippen molar-refractivity contribution in [1.29, 1.82) is 5.26 Å². The monoisotopic (exact) mass is 429 g/mol. The van der Waals surface area contributed by atoms with Gasteiger partial charge in [0.25, 0.3) is 11.8 Å². The van der Waals surface area contributed by atoms with Gasteiger partial charge in [-0.05, 0) is 29.0 Å². The Morgan fingerprint density at radius 1 is 1.25 bits per heavy atom. The average Bonchev–Trinajstić information content (AvgIpc) is 3.27. The number of nitrogens with zero attached hydrogens (tertiary/aromatic N) is 5. The van der Waals surface area contributed by atoms with Gasteiger partial charge in [0.2, 0.25) is 5.82 Å². The number of benzene rings is 1. The van der Waals surface area contributed by atoms with E-state index in [9.17, 15) is 14.9 Å². The molecule has 0 fully saturated rings. The largest absolute Gasteiger partial charge is 0.337 e. The van der Waals surface area contributed by atoms with Gasteiger partial charge in [-0.15, -0.1) is 10.2 Å². The Labute approximate surface area is 185 Å². The summed E-state index contributed by atoms with van der Waals surface area (Å²) in [7, 11) is 1.62. The van der Waals surface area contributed by atoms with E-state index in [1.807, 2.05) is 44.2 Å². The highest BCUT2D eigenvalue weighted by Crippen LogP contribution is 2.36. The third-order valence-electron chi connectivity index (χ3n) is 5.99. The lowest BCUT2D eigenvalue weighted by atomic mass is 9.84. The second-order valence-electron chi connectivity index (χ2n) is 8.03. The van der Waals surface area contributed by atoms with Crippen LogP contribution in [0.2, 0.25) is 0 Å². The number of amides is 2. The van der Waals surface area contributed by atoms with E-state index in [0.717, 1.165) is 11.1 Å². The summed E-state index contributed by atoms with van der Waals surface area (Å²) in [4.78, 5) is 34.8. The maximum Gasteiger partial charge on any atom is 0.289 e. The molecule has 4 rings (SSSR count). The minimum Gasteiger partial charge on any atom is -0.337 e. The molecule has 3 atom stereocenters. The molecule has 0 radical (unpaired) electrons. The number of hydrogen-bond donors (Lipinski definition) is 2. The molecular weight excluding hydrogens is 406 g/mol. The smallest absolute Gasteiger partial charge is 0.289 e. The number of H-pyrrole nitrogens is 1. The average molecular weight is 429 g/mol. The molecule has 9 heteroatoms. The first-order valence-electron chi connectivity index (χ1n) is 10.3. The molecule has 3 aromatic rings. The number of fused-ring (bicyclic) bond motifs is 1. The van der Waals surface area contributed by atoms with Gasteiger partial charge < -0.3 is 10.3 Å². The number of hydrogen-bond acceptors (Lipinski definition) is 6. The molecule has 0 saturated heterocycles. The molecule has 1 aliphatic heterocycles. The predicted molar refractivity (Wildman–Crippen MR) is 117 cm³/mol. The van der Waals surface area contributed by atoms with Crippen LogP contribution < -0.4 is 10.2 Å². The number of anilines is 1. The molecule has 9 nitrogen and oxygen atoms in total. The fourth-order valence-corrected chi connectivity index (χ4v) is 3.93. The Balaban J connectivity index is 1.54. The van der Waals surface area contributed by atoms with Gasteiger partial charge in [0.15, 0.2) is 0 Å². The van der Waals surface area contributed by atoms with Crippen LogP contribution in [-0.4, -0.2) is 45.1 Å². The van der Waals surface area contributed by atoms with Crippen LogP contribution in [0.5, 0.6) is 0 Å². The number of likely N-dealkylation sites (N-methyl/N-ethyl adjacent to an activating group) is 1. The molecule has 1 aromatic carbocycles. The zero-order valence-electron chi connectivity index (χ0n) is 18.0. The Hall–Kier alpha value is -4.06. The van der Waals surface area contributed by atoms with E-state index in [1.54, 1.807) is 13.1 Å². The fraction of sp³-hybridized carbons (Fsp3) is 0.304. The summed E-state index contributed by atoms with van der Waals surface area (Å²) in [5.41, 5.74) is 2.27. The molecule has 3 heterocycles. The van der Waals surface area contributed by atoms with Crippen molar-refractivity contribution in [3.8, 4) is 6.07 Å². The normalized spacial score (nSPS) is 20.2. The van der Waals surface area contributed by atoms with Crippen molar-refractivity contribution in [1.82, 2.24) is 25.5 Å². The molecule has 2 amide bonds. The molecule has 32 heavy (non-hydrogen) atoms. The lowest BCUT2D eigenvalue weighted by Crippen LogP contribution is -2.50. The van der Waals surface area contributed by atoms with E-state index in [0.29, 0.717) is 23.6 Å². The van der Waals surface area contributed by atoms with Gasteiger partial charge in [-0.25, -0.2) is 4.98 Å². The molecule has 162 valence electrons. The van der Waals surface area contributed by atoms with Gasteiger partial charge >= 0.3 is 0 Å². The highest BCUT2D eigenvalue weighted by molar-refractivity contribution is 6.01. The number of rotatable bonds is 4. The number of pyridine rings is 1. The Morgan fingerprint density at radius 2 is 2.00 bits per heavy atom. The fourth-order valence-electron chi connectivity index (χ4n) is 3.93. The summed E-state index contributed by atoms with van der Waals surface area (Å²) < 4.78 is 0. The minimum atomic E-state index is -0.787. The number of aromatic nitrogens is 4. The molecule has 1 aliphatic rings. The molecule has 0 bridgehead atoms. The van der Waals surface area contributed by atoms with Gasteiger partial charge in [0.1, 0.15) is 23.8 Å². The molecule has 0 spiro atoms. The van der Waals surface area contributed by atoms with E-state index >= 15 is 0 Å². The summed E-state index contributed by atoms with van der Waals surface area (Å²) in [5.74, 6) is -0.0246. The van der Waals surface area contributed by atoms with Crippen molar-refractivity contribution in [3.63, 3.8) is 0 Å². The van der Waals surface area contributed by atoms with Crippen LogP contribution in [0.15, 0.2) is 42.6 Å². The summed E-state index contributed by atoms with van der Waals surface area (Å²) >= 11 is 0. The summed E-state index contributed by atoms with van der Waals surface area (Å²) in [6.45, 7) is 3.86. The summed E-state index contributed by atoms with van der Waals surface area (Å²) in [6, 6.07) is 12.8. The first kappa shape index (κ1) is 21.2. The first-order valence-corrected chi connectivity index (χ1v) is 10.3. The van der Waals surface area contributed by atoms with Crippen LogP contribution in [-0.2, 0) is 11.2 Å². The predicted octanol–water partition coefficient (Wildman–Crippen LogP) is 2.18. The molecule has 0 saturated carbocycles. The standard InChI is InChI=1S/C23H23N7O2/c1-13-14(2)19(23(32)30(3)21-17(13)9-16(11-24)12-25-21)27-22(31)20-26-18(28-29-20)10-15-7-5-4-6-8-15/h4-9,12-14,19H,10H2,1-3H3,(H,27,31)(H,26,28,29)/t13-,14+,19+/m1/s1. The van der Waals surface area contributed by atoms with Gasteiger partial charge in [-0.2, -0.15) is 5.26 Å². The zero-order chi connectivity index (χ0) is 22.8. The van der Waals surface area contributed by atoms with Crippen LogP contribution in [0.4, 0.5) is 5.82 Å². The second kappa shape index (κ2) is 8.59. The second-order valence-corrected chi connectivity index (χ2v) is 8.03. The van der Waals surface area contributed by atoms with Crippen molar-refractivity contribution in [2.24, 2.45) is 5.92 Å². The number of aromatic amines is 1. The highest BCUT2D eigenvalue weighted by Gasteiger charge is 2.39. The van der Waals surface area contributed by atoms with E-state index in [1.165, 1.54) is 11.1 Å². The zero-order valence-corrected chi connectivity index (χ0v) is 18.0. The lowest BCUT2D eigenvalue weighted by Gasteiger charge is -2.26. The Bertz CT molecular complexity index is 1200. The van der Waals surface area contributed by atoms with Crippen LogP contribution in [0, 0.1) is 17.2 Å². The maximum atomic E-state index is 13.2. The van der Waals surface area contributed by atoms with Crippen LogP contribution >= 0.6 is 0 Å². The number of carbonyl (C=O) groups is 2. The van der Waals surface area contributed by atoms with Crippen molar-refractivity contribution >= 4 is 17.6 Å². The van der Waals surface area contributed by atoms with Gasteiger partial charge in [0.05, 0.1) is 5.56 Å². The van der Waals surface area contributed by atoms with E-state index in [-0.39, 0.29) is 23.6 Å². The van der Waals surface area contributed by atoms with Gasteiger partial charge in [-0.3, -0.25) is 14.5 Å². The Morgan fingerprint density at radius 3 is 2.72 bits per heavy atom. The molecular formula is C23H23N7O2. The lowest BCUT2D eigenvalue weighted by molar-refractivity contribution is -0.121. The van der Waals surface area contributed by atoms with Crippen LogP contribution in [0.3, 0.4) is 0 Å². The van der Waals surface area contributed by atoms with Crippen molar-refractivity contribution < 1.29 is 9.59 Å². The number of nitriles is 1. The molecule has 0 unspecified atom stereocenters. The van der Waals surface area contributed by atoms with Crippen LogP contribution in [0.25, 0.3) is 0 Å². The van der Waals surface area contributed by atoms with E-state index in [4.69, 9.17) is 0 Å². The van der Waals surface area contributed by atoms with E-state index < -0.39 is 11.9 Å². The van der Waals surface area contributed by atoms with Crippen molar-refractivity contribution in [3.05, 3.63) is 70.9 Å². The molecule has 2 aromatic heterocycles. The number of nitrogens with one attached hydrogen (secondary N) is 2. The van der Waals surface area contributed by atoms with Crippen LogP contribution in [0.1, 0.15) is 52.9 Å². The summed E-state index contributed by atoms with van der Waals surface area (Å²) in [5, 5.41) is 20.1. The maximum absolute atomic E-state index is 13.2. The molecule has 2 N–H and O–H groups in total. The first-order chi connectivity index (χ1) is 15.4. The van der Waals surface area contributed by atoms with Gasteiger partial charge in [-0.1, -0.05) is 44.2 Å². The van der Waals surface area contributed by atoms with Gasteiger partial charge in [0, 0.05) is 19.7 Å². The summed E-state index contributed by atoms with van der Waals surface area (Å²) in [6.07, 6.45) is 1.96. The highest BCUT2D eigenvalue weighted by atomic mass is 16.2. The van der Waals surface area contributed by atoms with E-state index in [2.05, 4.69) is 31.6 Å². The number of carbonyl (C=O) groups excluding carboxylic acids is 2. The van der Waals surface area contributed by atoms with Crippen molar-refractivity contribution in [2.45, 2.75) is 32.2 Å². The minimum absolute atomic E-state index is 0.0536. The Kier molecular flexibility index (Phi) is 5.69. The van der Waals surface area contributed by atoms with Crippen molar-refractivity contribution in [2.75, 3.05) is 11.9 Å². The topological polar surface area (TPSA) is 128 Å². The third-order valence-corrected chi connectivity index (χ3v) is 5.99. The SMILES string of the molecule is C[C@@H]1[C@H](NC(=O)c2nnc(Cc3ccccc3)[nH]2)C(=O)N(C)c2ncc(C#N)cc2[C@@H]1C.